The lowest BCUT2D eigenvalue weighted by Crippen LogP contribution is -2.50. The molecule has 1 aromatic rings. The minimum absolute atomic E-state index is 0.0647. The van der Waals surface area contributed by atoms with Gasteiger partial charge in [-0.05, 0) is 57.0 Å². The maximum atomic E-state index is 12.2. The van der Waals surface area contributed by atoms with E-state index in [9.17, 15) is 9.90 Å². The molecule has 23 heavy (non-hydrogen) atoms. The number of aromatic nitrogens is 2. The number of aliphatic hydroxyl groups is 1. The molecule has 1 aliphatic heterocycles. The van der Waals surface area contributed by atoms with E-state index in [2.05, 4.69) is 23.7 Å². The highest BCUT2D eigenvalue weighted by atomic mass is 16.3. The zero-order chi connectivity index (χ0) is 16.4. The van der Waals surface area contributed by atoms with Crippen LogP contribution in [0.2, 0.25) is 0 Å². The maximum absolute atomic E-state index is 12.2. The lowest BCUT2D eigenvalue weighted by atomic mass is 9.79. The number of piperidine rings is 1. The molecule has 0 aromatic carbocycles. The van der Waals surface area contributed by atoms with Crippen molar-refractivity contribution in [1.29, 1.82) is 0 Å². The highest BCUT2D eigenvalue weighted by molar-refractivity contribution is 5.04. The van der Waals surface area contributed by atoms with E-state index in [1.54, 1.807) is 17.0 Å². The fraction of sp³-hybridized carbons (Fsp3) is 0.778. The summed E-state index contributed by atoms with van der Waals surface area (Å²) in [4.78, 5) is 19.0. The third-order valence-corrected chi connectivity index (χ3v) is 5.46. The Morgan fingerprint density at radius 3 is 2.57 bits per heavy atom. The van der Waals surface area contributed by atoms with Gasteiger partial charge < -0.3 is 10.0 Å². The molecule has 128 valence electrons. The van der Waals surface area contributed by atoms with Crippen molar-refractivity contribution in [1.82, 2.24) is 14.5 Å². The van der Waals surface area contributed by atoms with Crippen LogP contribution in [0.5, 0.6) is 0 Å². The normalized spacial score (nSPS) is 22.3. The summed E-state index contributed by atoms with van der Waals surface area (Å²) in [5, 5.41) is 10.3. The smallest absolute Gasteiger partial charge is 0.253 e. The zero-order valence-electron chi connectivity index (χ0n) is 14.4. The molecule has 1 aliphatic carbocycles. The van der Waals surface area contributed by atoms with Gasteiger partial charge in [-0.3, -0.25) is 9.36 Å². The number of rotatable bonds is 5. The summed E-state index contributed by atoms with van der Waals surface area (Å²) in [5.41, 5.74) is 0.519. The van der Waals surface area contributed by atoms with Crippen LogP contribution >= 0.6 is 0 Å². The van der Waals surface area contributed by atoms with Crippen LogP contribution in [0, 0.1) is 5.92 Å². The van der Waals surface area contributed by atoms with Crippen LogP contribution in [0.1, 0.15) is 57.6 Å². The molecule has 0 bridgehead atoms. The van der Waals surface area contributed by atoms with Gasteiger partial charge in [0.1, 0.15) is 0 Å². The molecule has 2 fully saturated rings. The van der Waals surface area contributed by atoms with Gasteiger partial charge >= 0.3 is 0 Å². The van der Waals surface area contributed by atoms with Gasteiger partial charge in [-0.2, -0.15) is 0 Å². The van der Waals surface area contributed by atoms with Gasteiger partial charge in [0.25, 0.3) is 5.56 Å². The SMILES string of the molecule is CC(C)c1cc(=O)n(CC2CCN(CC3(O)CCC3)CC2)cn1. The van der Waals surface area contributed by atoms with Crippen LogP contribution in [-0.2, 0) is 6.54 Å². The Bertz CT molecular complexity index is 584. The molecular weight excluding hydrogens is 290 g/mol. The number of likely N-dealkylation sites (tertiary alicyclic amines) is 1. The average Bonchev–Trinajstić information content (AvgIpc) is 2.49. The first-order valence-electron chi connectivity index (χ1n) is 8.96. The fourth-order valence-electron chi connectivity index (χ4n) is 3.66. The average molecular weight is 319 g/mol. The van der Waals surface area contributed by atoms with Crippen LogP contribution in [-0.4, -0.2) is 44.8 Å². The Morgan fingerprint density at radius 2 is 2.04 bits per heavy atom. The lowest BCUT2D eigenvalue weighted by Gasteiger charge is -2.42. The van der Waals surface area contributed by atoms with E-state index in [0.717, 1.165) is 64.0 Å². The summed E-state index contributed by atoms with van der Waals surface area (Å²) in [7, 11) is 0. The van der Waals surface area contributed by atoms with Crippen molar-refractivity contribution >= 4 is 0 Å². The summed E-state index contributed by atoms with van der Waals surface area (Å²) in [6.07, 6.45) is 6.96. The van der Waals surface area contributed by atoms with Gasteiger partial charge in [-0.15, -0.1) is 0 Å². The van der Waals surface area contributed by atoms with E-state index in [1.807, 2.05) is 0 Å². The van der Waals surface area contributed by atoms with Crippen LogP contribution in [0.25, 0.3) is 0 Å². The van der Waals surface area contributed by atoms with E-state index in [4.69, 9.17) is 0 Å². The molecule has 2 aliphatic rings. The molecule has 5 heteroatoms. The Kier molecular flexibility index (Phi) is 4.87. The van der Waals surface area contributed by atoms with Gasteiger partial charge in [0.05, 0.1) is 17.6 Å². The minimum atomic E-state index is -0.416. The van der Waals surface area contributed by atoms with Crippen LogP contribution < -0.4 is 5.56 Å². The summed E-state index contributed by atoms with van der Waals surface area (Å²) >= 11 is 0. The molecule has 5 nitrogen and oxygen atoms in total. The molecule has 1 saturated carbocycles. The summed E-state index contributed by atoms with van der Waals surface area (Å²) < 4.78 is 1.76. The number of hydrogen-bond donors (Lipinski definition) is 1. The van der Waals surface area contributed by atoms with Crippen LogP contribution in [0.15, 0.2) is 17.2 Å². The fourth-order valence-corrected chi connectivity index (χ4v) is 3.66. The maximum Gasteiger partial charge on any atom is 0.253 e. The molecule has 0 radical (unpaired) electrons. The van der Waals surface area contributed by atoms with E-state index in [1.165, 1.54) is 0 Å². The first-order chi connectivity index (χ1) is 11.0. The van der Waals surface area contributed by atoms with Crippen LogP contribution in [0.3, 0.4) is 0 Å². The molecule has 0 amide bonds. The van der Waals surface area contributed by atoms with Crippen LogP contribution in [0.4, 0.5) is 0 Å². The molecule has 0 atom stereocenters. The molecule has 1 saturated heterocycles. The molecule has 0 unspecified atom stereocenters. The third-order valence-electron chi connectivity index (χ3n) is 5.46. The molecule has 2 heterocycles. The second-order valence-electron chi connectivity index (χ2n) is 7.76. The predicted molar refractivity (Wildman–Crippen MR) is 90.6 cm³/mol. The van der Waals surface area contributed by atoms with E-state index in [0.29, 0.717) is 5.92 Å². The second kappa shape index (κ2) is 6.73. The Morgan fingerprint density at radius 1 is 1.35 bits per heavy atom. The quantitative estimate of drug-likeness (QED) is 0.902. The Hall–Kier alpha value is -1.20. The highest BCUT2D eigenvalue weighted by Crippen LogP contribution is 2.33. The largest absolute Gasteiger partial charge is 0.389 e. The lowest BCUT2D eigenvalue weighted by molar-refractivity contribution is -0.0639. The van der Waals surface area contributed by atoms with Crippen molar-refractivity contribution in [3.63, 3.8) is 0 Å². The third kappa shape index (κ3) is 4.01. The standard InChI is InChI=1S/C18H29N3O2/c1-14(2)16-10-17(22)21(13-19-16)11-15-4-8-20(9-5-15)12-18(23)6-3-7-18/h10,13-15,23H,3-9,11-12H2,1-2H3. The highest BCUT2D eigenvalue weighted by Gasteiger charge is 2.36. The number of β-amino-alcohol motifs (C(OH)–C–C–N with tert-alkyl or cyclic N) is 1. The van der Waals surface area contributed by atoms with Gasteiger partial charge in [0.15, 0.2) is 0 Å². The molecule has 0 spiro atoms. The topological polar surface area (TPSA) is 58.4 Å². The predicted octanol–water partition coefficient (Wildman–Crippen LogP) is 1.99. The first-order valence-corrected chi connectivity index (χ1v) is 8.96. The van der Waals surface area contributed by atoms with E-state index in [-0.39, 0.29) is 11.5 Å². The van der Waals surface area contributed by atoms with Crippen molar-refractivity contribution in [2.75, 3.05) is 19.6 Å². The van der Waals surface area contributed by atoms with Crippen molar-refractivity contribution in [2.24, 2.45) is 5.92 Å². The van der Waals surface area contributed by atoms with Gasteiger partial charge in [0, 0.05) is 19.2 Å². The zero-order valence-corrected chi connectivity index (χ0v) is 14.4. The van der Waals surface area contributed by atoms with Gasteiger partial charge in [0.2, 0.25) is 0 Å². The van der Waals surface area contributed by atoms with Crippen molar-refractivity contribution in [2.45, 2.75) is 64.0 Å². The summed E-state index contributed by atoms with van der Waals surface area (Å²) in [6, 6.07) is 1.67. The van der Waals surface area contributed by atoms with E-state index < -0.39 is 5.60 Å². The van der Waals surface area contributed by atoms with Crippen molar-refractivity contribution in [3.05, 3.63) is 28.4 Å². The molecule has 3 rings (SSSR count). The monoisotopic (exact) mass is 319 g/mol. The summed E-state index contributed by atoms with van der Waals surface area (Å²) in [6.45, 7) is 7.75. The first kappa shape index (κ1) is 16.7. The van der Waals surface area contributed by atoms with Crippen molar-refractivity contribution in [3.8, 4) is 0 Å². The minimum Gasteiger partial charge on any atom is -0.389 e. The number of nitrogens with zero attached hydrogens (tertiary/aromatic N) is 3. The van der Waals surface area contributed by atoms with Crippen molar-refractivity contribution < 1.29 is 5.11 Å². The summed E-state index contributed by atoms with van der Waals surface area (Å²) in [5.74, 6) is 0.824. The molecular formula is C18H29N3O2. The van der Waals surface area contributed by atoms with Gasteiger partial charge in [-0.25, -0.2) is 4.98 Å². The Labute approximate surface area is 138 Å². The molecule has 1 aromatic heterocycles. The Balaban J connectivity index is 1.51. The van der Waals surface area contributed by atoms with Gasteiger partial charge in [-0.1, -0.05) is 13.8 Å². The van der Waals surface area contributed by atoms with E-state index >= 15 is 0 Å². The second-order valence-corrected chi connectivity index (χ2v) is 7.76. The molecule has 1 N–H and O–H groups in total. The number of hydrogen-bond acceptors (Lipinski definition) is 4.